The number of carboxylic acid groups (broad SMARTS) is 1. The van der Waals surface area contributed by atoms with E-state index < -0.39 is 11.6 Å². The highest BCUT2D eigenvalue weighted by molar-refractivity contribution is 5.80. The standard InChI is InChI=1S/C16H20N2O4/c1-16(14(19)20)11-18(8-9-22-16)15(21)17-7-6-12-4-2-3-5-13(12)10-17/h2-5H,6-11H2,1H3,(H,19,20). The summed E-state index contributed by atoms with van der Waals surface area (Å²) in [5, 5.41) is 9.26. The Morgan fingerprint density at radius 3 is 2.64 bits per heavy atom. The van der Waals surface area contributed by atoms with Crippen LogP contribution in [0.1, 0.15) is 18.1 Å². The number of ether oxygens (including phenoxy) is 1. The summed E-state index contributed by atoms with van der Waals surface area (Å²) < 4.78 is 5.34. The minimum atomic E-state index is -1.32. The first-order chi connectivity index (χ1) is 10.5. The van der Waals surface area contributed by atoms with E-state index in [1.807, 2.05) is 18.2 Å². The van der Waals surface area contributed by atoms with Gasteiger partial charge in [0.05, 0.1) is 13.2 Å². The lowest BCUT2D eigenvalue weighted by Gasteiger charge is -2.40. The van der Waals surface area contributed by atoms with Crippen LogP contribution in [0.5, 0.6) is 0 Å². The molecule has 0 bridgehead atoms. The van der Waals surface area contributed by atoms with E-state index in [1.165, 1.54) is 12.5 Å². The Hall–Kier alpha value is -2.08. The second-order valence-corrected chi connectivity index (χ2v) is 6.03. The molecule has 6 heteroatoms. The number of benzene rings is 1. The van der Waals surface area contributed by atoms with Gasteiger partial charge in [0.25, 0.3) is 0 Å². The fourth-order valence-electron chi connectivity index (χ4n) is 3.02. The van der Waals surface area contributed by atoms with Gasteiger partial charge >= 0.3 is 12.0 Å². The maximum atomic E-state index is 12.7. The van der Waals surface area contributed by atoms with Gasteiger partial charge in [0.2, 0.25) is 0 Å². The molecular weight excluding hydrogens is 284 g/mol. The van der Waals surface area contributed by atoms with Crippen molar-refractivity contribution in [2.45, 2.75) is 25.5 Å². The lowest BCUT2D eigenvalue weighted by Crippen LogP contribution is -2.58. The summed E-state index contributed by atoms with van der Waals surface area (Å²) in [6.45, 7) is 3.52. The zero-order valence-corrected chi connectivity index (χ0v) is 12.6. The van der Waals surface area contributed by atoms with Crippen LogP contribution < -0.4 is 0 Å². The van der Waals surface area contributed by atoms with E-state index in [0.29, 0.717) is 19.6 Å². The minimum absolute atomic E-state index is 0.0827. The van der Waals surface area contributed by atoms with Crippen molar-refractivity contribution in [3.63, 3.8) is 0 Å². The van der Waals surface area contributed by atoms with Crippen molar-refractivity contribution in [1.29, 1.82) is 0 Å². The predicted molar refractivity (Wildman–Crippen MR) is 79.5 cm³/mol. The van der Waals surface area contributed by atoms with Crippen molar-refractivity contribution >= 4 is 12.0 Å². The molecule has 1 fully saturated rings. The molecule has 0 spiro atoms. The first-order valence-electron chi connectivity index (χ1n) is 7.47. The molecule has 0 aliphatic carbocycles. The van der Waals surface area contributed by atoms with Gasteiger partial charge in [0.15, 0.2) is 5.60 Å². The Bertz CT molecular complexity index is 604. The van der Waals surface area contributed by atoms with E-state index in [-0.39, 0.29) is 19.2 Å². The fourth-order valence-corrected chi connectivity index (χ4v) is 3.02. The minimum Gasteiger partial charge on any atom is -0.479 e. The predicted octanol–water partition coefficient (Wildman–Crippen LogP) is 1.34. The number of aliphatic carboxylic acids is 1. The average Bonchev–Trinajstić information content (AvgIpc) is 2.53. The molecule has 2 heterocycles. The van der Waals surface area contributed by atoms with Crippen LogP contribution in [0.15, 0.2) is 24.3 Å². The molecule has 1 unspecified atom stereocenters. The van der Waals surface area contributed by atoms with Gasteiger partial charge in [-0.1, -0.05) is 24.3 Å². The molecule has 22 heavy (non-hydrogen) atoms. The van der Waals surface area contributed by atoms with Crippen LogP contribution in [0.2, 0.25) is 0 Å². The van der Waals surface area contributed by atoms with Gasteiger partial charge in [-0.2, -0.15) is 0 Å². The van der Waals surface area contributed by atoms with Gasteiger partial charge in [-0.15, -0.1) is 0 Å². The topological polar surface area (TPSA) is 70.1 Å². The molecule has 6 nitrogen and oxygen atoms in total. The Morgan fingerprint density at radius 1 is 1.18 bits per heavy atom. The Balaban J connectivity index is 1.71. The zero-order valence-electron chi connectivity index (χ0n) is 12.6. The molecule has 1 aromatic carbocycles. The highest BCUT2D eigenvalue weighted by Crippen LogP contribution is 2.23. The van der Waals surface area contributed by atoms with E-state index in [1.54, 1.807) is 9.80 Å². The number of carbonyl (C=O) groups is 2. The Kier molecular flexibility index (Phi) is 3.78. The number of carbonyl (C=O) groups excluding carboxylic acids is 1. The van der Waals surface area contributed by atoms with Gasteiger partial charge in [-0.05, 0) is 24.5 Å². The number of hydrogen-bond acceptors (Lipinski definition) is 3. The van der Waals surface area contributed by atoms with Gasteiger partial charge in [0.1, 0.15) is 0 Å². The number of fused-ring (bicyclic) bond motifs is 1. The quantitative estimate of drug-likeness (QED) is 0.850. The zero-order chi connectivity index (χ0) is 15.7. The monoisotopic (exact) mass is 304 g/mol. The third kappa shape index (κ3) is 2.66. The number of urea groups is 1. The van der Waals surface area contributed by atoms with E-state index in [0.717, 1.165) is 12.0 Å². The van der Waals surface area contributed by atoms with Crippen LogP contribution in [0, 0.1) is 0 Å². The smallest absolute Gasteiger partial charge is 0.337 e. The summed E-state index contributed by atoms with van der Waals surface area (Å²) in [5.74, 6) is -1.03. The molecule has 1 saturated heterocycles. The van der Waals surface area contributed by atoms with Gasteiger partial charge in [0, 0.05) is 19.6 Å². The van der Waals surface area contributed by atoms with Crippen LogP contribution in [0.3, 0.4) is 0 Å². The molecule has 2 amide bonds. The normalized spacial score (nSPS) is 24.8. The van der Waals surface area contributed by atoms with Crippen molar-refractivity contribution in [3.8, 4) is 0 Å². The molecule has 0 aromatic heterocycles. The Morgan fingerprint density at radius 2 is 1.91 bits per heavy atom. The number of nitrogens with zero attached hydrogens (tertiary/aromatic N) is 2. The van der Waals surface area contributed by atoms with Crippen LogP contribution >= 0.6 is 0 Å². The lowest BCUT2D eigenvalue weighted by molar-refractivity contribution is -0.172. The summed E-state index contributed by atoms with van der Waals surface area (Å²) >= 11 is 0. The molecule has 1 atom stereocenters. The number of rotatable bonds is 1. The maximum absolute atomic E-state index is 12.7. The first kappa shape index (κ1) is 14.8. The van der Waals surface area contributed by atoms with E-state index in [2.05, 4.69) is 6.07 Å². The van der Waals surface area contributed by atoms with Crippen molar-refractivity contribution in [3.05, 3.63) is 35.4 Å². The summed E-state index contributed by atoms with van der Waals surface area (Å²) in [7, 11) is 0. The summed E-state index contributed by atoms with van der Waals surface area (Å²) in [5.41, 5.74) is 1.13. The fraction of sp³-hybridized carbons (Fsp3) is 0.500. The molecule has 2 aliphatic heterocycles. The molecule has 0 saturated carbocycles. The molecule has 1 N–H and O–H groups in total. The maximum Gasteiger partial charge on any atom is 0.337 e. The van der Waals surface area contributed by atoms with Crippen molar-refractivity contribution in [2.75, 3.05) is 26.2 Å². The molecule has 1 aromatic rings. The SMILES string of the molecule is CC1(C(=O)O)CN(C(=O)N2CCc3ccccc3C2)CCO1. The average molecular weight is 304 g/mol. The molecule has 2 aliphatic rings. The lowest BCUT2D eigenvalue weighted by atomic mass is 10.00. The largest absolute Gasteiger partial charge is 0.479 e. The van der Waals surface area contributed by atoms with Crippen molar-refractivity contribution in [2.24, 2.45) is 0 Å². The molecule has 3 rings (SSSR count). The first-order valence-corrected chi connectivity index (χ1v) is 7.47. The molecule has 118 valence electrons. The Labute approximate surface area is 129 Å². The van der Waals surface area contributed by atoms with Crippen LogP contribution in [0.4, 0.5) is 4.79 Å². The highest BCUT2D eigenvalue weighted by atomic mass is 16.5. The van der Waals surface area contributed by atoms with Gasteiger partial charge in [-0.25, -0.2) is 9.59 Å². The van der Waals surface area contributed by atoms with Gasteiger partial charge < -0.3 is 19.6 Å². The summed E-state index contributed by atoms with van der Waals surface area (Å²) in [6, 6.07) is 8.01. The number of carboxylic acids is 1. The van der Waals surface area contributed by atoms with E-state index in [4.69, 9.17) is 4.74 Å². The third-order valence-electron chi connectivity index (χ3n) is 4.40. The van der Waals surface area contributed by atoms with E-state index >= 15 is 0 Å². The molecular formula is C16H20N2O4. The highest BCUT2D eigenvalue weighted by Gasteiger charge is 2.41. The van der Waals surface area contributed by atoms with Gasteiger partial charge in [-0.3, -0.25) is 0 Å². The number of hydrogen-bond donors (Lipinski definition) is 1. The third-order valence-corrected chi connectivity index (χ3v) is 4.40. The van der Waals surface area contributed by atoms with E-state index in [9.17, 15) is 14.7 Å². The second kappa shape index (κ2) is 5.61. The van der Waals surface area contributed by atoms with Crippen molar-refractivity contribution < 1.29 is 19.4 Å². The molecule has 0 radical (unpaired) electrons. The van der Waals surface area contributed by atoms with Crippen LogP contribution in [0.25, 0.3) is 0 Å². The summed E-state index contributed by atoms with van der Waals surface area (Å²) in [6.07, 6.45) is 0.836. The summed E-state index contributed by atoms with van der Waals surface area (Å²) in [4.78, 5) is 27.4. The van der Waals surface area contributed by atoms with Crippen LogP contribution in [-0.4, -0.2) is 58.7 Å². The van der Waals surface area contributed by atoms with Crippen molar-refractivity contribution in [1.82, 2.24) is 9.80 Å². The second-order valence-electron chi connectivity index (χ2n) is 6.03. The number of amides is 2. The number of morpholine rings is 1. The van der Waals surface area contributed by atoms with Crippen LogP contribution in [-0.2, 0) is 22.5 Å².